The van der Waals surface area contributed by atoms with Crippen molar-refractivity contribution in [3.63, 3.8) is 0 Å². The molecule has 12 heteroatoms. The van der Waals surface area contributed by atoms with Gasteiger partial charge in [-0.25, -0.2) is 9.59 Å². The number of anilines is 2. The zero-order chi connectivity index (χ0) is 30.5. The topological polar surface area (TPSA) is 142 Å². The normalized spacial score (nSPS) is 20.7. The first-order valence-corrected chi connectivity index (χ1v) is 14.9. The lowest BCUT2D eigenvalue weighted by Crippen LogP contribution is -2.52. The highest BCUT2D eigenvalue weighted by Gasteiger charge is 2.35. The first kappa shape index (κ1) is 30.3. The third-order valence-corrected chi connectivity index (χ3v) is 8.30. The van der Waals surface area contributed by atoms with Gasteiger partial charge in [-0.1, -0.05) is 32.3 Å². The number of nitrogens with one attached hydrogen (secondary N) is 3. The number of fused-ring (bicyclic) bond motifs is 2. The molecule has 1 aliphatic carbocycles. The van der Waals surface area contributed by atoms with E-state index in [4.69, 9.17) is 14.2 Å². The van der Waals surface area contributed by atoms with E-state index in [1.54, 1.807) is 60.2 Å². The SMILES string of the molecule is C[C@H](CO)N1C[C@H](C)[C@@H](CN(C)C(=O)NC2CCCCC2)Oc2c(NC(=O)Nc3ccc4c(c3)OCO4)cccc2C1=O. The average molecular weight is 596 g/mol. The summed E-state index contributed by atoms with van der Waals surface area (Å²) in [7, 11) is 1.73. The molecular weight excluding hydrogens is 554 g/mol. The Hall–Kier alpha value is -4.19. The molecule has 2 heterocycles. The molecule has 0 aromatic heterocycles. The van der Waals surface area contributed by atoms with Crippen LogP contribution < -0.4 is 30.2 Å². The number of hydrogen-bond acceptors (Lipinski definition) is 7. The fourth-order valence-corrected chi connectivity index (χ4v) is 5.70. The van der Waals surface area contributed by atoms with E-state index in [2.05, 4.69) is 16.0 Å². The predicted octanol–water partition coefficient (Wildman–Crippen LogP) is 4.25. The first-order valence-electron chi connectivity index (χ1n) is 14.9. The lowest BCUT2D eigenvalue weighted by molar-refractivity contribution is 0.0368. The molecule has 5 amide bonds. The maximum absolute atomic E-state index is 13.7. The largest absolute Gasteiger partial charge is 0.485 e. The lowest BCUT2D eigenvalue weighted by atomic mass is 9.96. The van der Waals surface area contributed by atoms with Gasteiger partial charge in [0.2, 0.25) is 6.79 Å². The van der Waals surface area contributed by atoms with Crippen molar-refractivity contribution in [3.05, 3.63) is 42.0 Å². The Kier molecular flexibility index (Phi) is 9.44. The number of carbonyl (C=O) groups excluding carboxylic acids is 3. The smallest absolute Gasteiger partial charge is 0.323 e. The van der Waals surface area contributed by atoms with Gasteiger partial charge in [-0.2, -0.15) is 0 Å². The second-order valence-electron chi connectivity index (χ2n) is 11.6. The monoisotopic (exact) mass is 595 g/mol. The van der Waals surface area contributed by atoms with Crippen molar-refractivity contribution in [1.82, 2.24) is 15.1 Å². The molecule has 0 radical (unpaired) electrons. The van der Waals surface area contributed by atoms with E-state index in [9.17, 15) is 19.5 Å². The van der Waals surface area contributed by atoms with E-state index in [0.717, 1.165) is 25.7 Å². The molecule has 2 aliphatic heterocycles. The Labute approximate surface area is 251 Å². The molecule has 1 fully saturated rings. The third-order valence-electron chi connectivity index (χ3n) is 8.30. The van der Waals surface area contributed by atoms with Gasteiger partial charge in [0.05, 0.1) is 30.4 Å². The summed E-state index contributed by atoms with van der Waals surface area (Å²) in [5, 5.41) is 18.7. The van der Waals surface area contributed by atoms with Crippen molar-refractivity contribution in [3.8, 4) is 17.2 Å². The first-order chi connectivity index (χ1) is 20.7. The highest BCUT2D eigenvalue weighted by Crippen LogP contribution is 2.36. The Bertz CT molecular complexity index is 1330. The van der Waals surface area contributed by atoms with Crippen LogP contribution in [0.4, 0.5) is 21.0 Å². The number of para-hydroxylation sites is 1. The second-order valence-corrected chi connectivity index (χ2v) is 11.6. The zero-order valence-electron chi connectivity index (χ0n) is 24.9. The summed E-state index contributed by atoms with van der Waals surface area (Å²) < 4.78 is 17.3. The number of rotatable bonds is 7. The number of ether oxygens (including phenoxy) is 3. The number of aliphatic hydroxyl groups excluding tert-OH is 1. The van der Waals surface area contributed by atoms with Crippen LogP contribution in [0, 0.1) is 5.92 Å². The van der Waals surface area contributed by atoms with E-state index in [1.807, 2.05) is 6.92 Å². The van der Waals surface area contributed by atoms with Crippen molar-refractivity contribution >= 4 is 29.3 Å². The fourth-order valence-electron chi connectivity index (χ4n) is 5.70. The molecule has 5 rings (SSSR count). The van der Waals surface area contributed by atoms with Crippen LogP contribution in [0.15, 0.2) is 36.4 Å². The van der Waals surface area contributed by atoms with Crippen molar-refractivity contribution in [2.45, 2.75) is 64.1 Å². The Morgan fingerprint density at radius 2 is 1.86 bits per heavy atom. The lowest BCUT2D eigenvalue weighted by Gasteiger charge is -2.38. The number of hydrogen-bond donors (Lipinski definition) is 4. The molecule has 0 saturated heterocycles. The van der Waals surface area contributed by atoms with Gasteiger partial charge in [0.15, 0.2) is 17.2 Å². The zero-order valence-corrected chi connectivity index (χ0v) is 24.9. The summed E-state index contributed by atoms with van der Waals surface area (Å²) in [4.78, 5) is 43.2. The molecule has 0 spiro atoms. The predicted molar refractivity (Wildman–Crippen MR) is 161 cm³/mol. The Morgan fingerprint density at radius 1 is 1.09 bits per heavy atom. The molecule has 1 saturated carbocycles. The van der Waals surface area contributed by atoms with Gasteiger partial charge in [0.1, 0.15) is 6.10 Å². The van der Waals surface area contributed by atoms with Crippen LogP contribution in [0.1, 0.15) is 56.3 Å². The van der Waals surface area contributed by atoms with Gasteiger partial charge >= 0.3 is 12.1 Å². The minimum Gasteiger partial charge on any atom is -0.485 e. The maximum Gasteiger partial charge on any atom is 0.323 e. The second kappa shape index (κ2) is 13.4. The summed E-state index contributed by atoms with van der Waals surface area (Å²) in [6.45, 7) is 4.23. The average Bonchev–Trinajstić information content (AvgIpc) is 3.47. The highest BCUT2D eigenvalue weighted by atomic mass is 16.7. The van der Waals surface area contributed by atoms with Crippen molar-refractivity contribution in [2.24, 2.45) is 5.92 Å². The third kappa shape index (κ3) is 7.07. The van der Waals surface area contributed by atoms with Crippen LogP contribution in [-0.2, 0) is 0 Å². The van der Waals surface area contributed by atoms with Crippen LogP contribution in [0.5, 0.6) is 17.2 Å². The van der Waals surface area contributed by atoms with Gasteiger partial charge < -0.3 is 45.1 Å². The van der Waals surface area contributed by atoms with Gasteiger partial charge in [0, 0.05) is 37.3 Å². The fraction of sp³-hybridized carbons (Fsp3) is 0.516. The molecule has 12 nitrogen and oxygen atoms in total. The number of amides is 5. The summed E-state index contributed by atoms with van der Waals surface area (Å²) in [5.41, 5.74) is 1.05. The van der Waals surface area contributed by atoms with Crippen LogP contribution in [0.3, 0.4) is 0 Å². The number of carbonyl (C=O) groups is 3. The molecule has 2 aromatic carbocycles. The van der Waals surface area contributed by atoms with E-state index < -0.39 is 18.2 Å². The van der Waals surface area contributed by atoms with Crippen molar-refractivity contribution in [2.75, 3.05) is 44.2 Å². The molecule has 2 aromatic rings. The molecule has 43 heavy (non-hydrogen) atoms. The molecule has 3 aliphatic rings. The van der Waals surface area contributed by atoms with Gasteiger partial charge in [-0.15, -0.1) is 0 Å². The van der Waals surface area contributed by atoms with Gasteiger partial charge in [-0.3, -0.25) is 4.79 Å². The van der Waals surface area contributed by atoms with Gasteiger partial charge in [-0.05, 0) is 44.0 Å². The molecular formula is C31H41N5O7. The van der Waals surface area contributed by atoms with Gasteiger partial charge in [0.25, 0.3) is 5.91 Å². The molecule has 0 unspecified atom stereocenters. The van der Waals surface area contributed by atoms with Crippen LogP contribution in [0.2, 0.25) is 0 Å². The van der Waals surface area contributed by atoms with E-state index in [0.29, 0.717) is 29.4 Å². The number of likely N-dealkylation sites (N-methyl/N-ethyl adjacent to an activating group) is 1. The van der Waals surface area contributed by atoms with E-state index in [1.165, 1.54) is 6.42 Å². The van der Waals surface area contributed by atoms with Crippen LogP contribution >= 0.6 is 0 Å². The highest BCUT2D eigenvalue weighted by molar-refractivity contribution is 6.04. The number of nitrogens with zero attached hydrogens (tertiary/aromatic N) is 2. The number of urea groups is 2. The standard InChI is InChI=1S/C31H41N5O7/c1-19-15-36(20(2)17-37)29(38)23-10-7-11-24(34-30(39)32-22-12-13-25-26(14-22)42-18-41-25)28(23)43-27(19)16-35(3)31(40)33-21-8-5-4-6-9-21/h7,10-14,19-21,27,37H,4-6,8-9,15-18H2,1-3H3,(H,33,40)(H2,32,34,39)/t19-,20+,27+/m0/s1. The Morgan fingerprint density at radius 3 is 2.63 bits per heavy atom. The van der Waals surface area contributed by atoms with Crippen molar-refractivity contribution < 1.29 is 33.7 Å². The number of benzene rings is 2. The summed E-state index contributed by atoms with van der Waals surface area (Å²) >= 11 is 0. The van der Waals surface area contributed by atoms with Crippen molar-refractivity contribution in [1.29, 1.82) is 0 Å². The molecule has 4 N–H and O–H groups in total. The van der Waals surface area contributed by atoms with Crippen LogP contribution in [0.25, 0.3) is 0 Å². The minimum atomic E-state index is -0.542. The number of aliphatic hydroxyl groups is 1. The molecule has 3 atom stereocenters. The summed E-state index contributed by atoms with van der Waals surface area (Å²) in [6, 6.07) is 9.05. The summed E-state index contributed by atoms with van der Waals surface area (Å²) in [6.07, 6.45) is 4.85. The molecule has 232 valence electrons. The summed E-state index contributed by atoms with van der Waals surface area (Å²) in [5.74, 6) is 0.822. The maximum atomic E-state index is 13.7. The Balaban J connectivity index is 1.38. The minimum absolute atomic E-state index is 0.120. The molecule has 0 bridgehead atoms. The van der Waals surface area contributed by atoms with E-state index >= 15 is 0 Å². The van der Waals surface area contributed by atoms with E-state index in [-0.39, 0.29) is 55.2 Å². The van der Waals surface area contributed by atoms with Crippen LogP contribution in [-0.4, -0.2) is 84.6 Å². The quantitative estimate of drug-likeness (QED) is 0.375.